The Morgan fingerprint density at radius 2 is 2.21 bits per heavy atom. The van der Waals surface area contributed by atoms with Crippen molar-refractivity contribution in [3.8, 4) is 0 Å². The van der Waals surface area contributed by atoms with Gasteiger partial charge >= 0.3 is 0 Å². The fourth-order valence-electron chi connectivity index (χ4n) is 1.47. The summed E-state index contributed by atoms with van der Waals surface area (Å²) in [7, 11) is 1.57. The number of carbonyl (C=O) groups excluding carboxylic acids is 1. The summed E-state index contributed by atoms with van der Waals surface area (Å²) in [5, 5.41) is 13.1. The molecule has 0 aromatic carbocycles. The molecule has 1 aromatic heterocycles. The van der Waals surface area contributed by atoms with Gasteiger partial charge in [-0.3, -0.25) is 4.79 Å². The quantitative estimate of drug-likeness (QED) is 0.583. The Kier molecular flexibility index (Phi) is 5.65. The maximum absolute atomic E-state index is 11.0. The van der Waals surface area contributed by atoms with E-state index in [0.29, 0.717) is 31.0 Å². The lowest BCUT2D eigenvalue weighted by Crippen LogP contribution is -2.35. The molecule has 1 atom stereocenters. The lowest BCUT2D eigenvalue weighted by atomic mass is 10.0. The van der Waals surface area contributed by atoms with Gasteiger partial charge in [0.15, 0.2) is 6.29 Å². The third-order valence-electron chi connectivity index (χ3n) is 2.61. The van der Waals surface area contributed by atoms with Crippen LogP contribution in [0.5, 0.6) is 0 Å². The summed E-state index contributed by atoms with van der Waals surface area (Å²) in [6.07, 6.45) is 1.05. The van der Waals surface area contributed by atoms with E-state index < -0.39 is 5.60 Å². The fraction of sp³-hybridized carbons (Fsp3) is 0.583. The van der Waals surface area contributed by atoms with Crippen molar-refractivity contribution in [2.75, 3.05) is 25.6 Å². The molecule has 7 heteroatoms. The van der Waals surface area contributed by atoms with Crippen molar-refractivity contribution < 1.29 is 14.6 Å². The Hall–Kier alpha value is -1.24. The minimum atomic E-state index is -0.971. The van der Waals surface area contributed by atoms with Gasteiger partial charge in [0.1, 0.15) is 16.8 Å². The summed E-state index contributed by atoms with van der Waals surface area (Å²) in [4.78, 5) is 19.0. The van der Waals surface area contributed by atoms with Gasteiger partial charge in [0, 0.05) is 26.7 Å². The van der Waals surface area contributed by atoms with Gasteiger partial charge in [-0.05, 0) is 13.8 Å². The summed E-state index contributed by atoms with van der Waals surface area (Å²) < 4.78 is 4.92. The number of nitrogens with zero attached hydrogens (tertiary/aromatic N) is 2. The first-order valence-electron chi connectivity index (χ1n) is 5.84. The molecular weight excluding hydrogens is 270 g/mol. The minimum absolute atomic E-state index is 0.0986. The molecule has 0 spiro atoms. The monoisotopic (exact) mass is 287 g/mol. The van der Waals surface area contributed by atoms with Gasteiger partial charge < -0.3 is 15.2 Å². The van der Waals surface area contributed by atoms with Crippen molar-refractivity contribution in [2.24, 2.45) is 0 Å². The van der Waals surface area contributed by atoms with Gasteiger partial charge in [-0.15, -0.1) is 0 Å². The Morgan fingerprint density at radius 3 is 2.79 bits per heavy atom. The first-order valence-corrected chi connectivity index (χ1v) is 6.22. The molecule has 0 saturated carbocycles. The molecule has 1 rings (SSSR count). The van der Waals surface area contributed by atoms with Gasteiger partial charge in [0.05, 0.1) is 11.2 Å². The largest absolute Gasteiger partial charge is 0.388 e. The highest BCUT2D eigenvalue weighted by Gasteiger charge is 2.21. The van der Waals surface area contributed by atoms with E-state index in [9.17, 15) is 9.90 Å². The fourth-order valence-corrected chi connectivity index (χ4v) is 1.73. The second-order valence-electron chi connectivity index (χ2n) is 4.54. The highest BCUT2D eigenvalue weighted by Crippen LogP contribution is 2.20. The summed E-state index contributed by atoms with van der Waals surface area (Å²) >= 11 is 5.86. The molecule has 2 N–H and O–H groups in total. The van der Waals surface area contributed by atoms with Crippen LogP contribution in [0.25, 0.3) is 0 Å². The van der Waals surface area contributed by atoms with Crippen LogP contribution in [0.3, 0.4) is 0 Å². The number of aldehydes is 1. The van der Waals surface area contributed by atoms with Crippen molar-refractivity contribution in [3.63, 3.8) is 0 Å². The number of methoxy groups -OCH3 is 1. The molecule has 0 aliphatic heterocycles. The number of rotatable bonds is 7. The molecule has 0 aliphatic carbocycles. The molecule has 0 saturated heterocycles. The molecule has 1 heterocycles. The van der Waals surface area contributed by atoms with Crippen LogP contribution in [-0.2, 0) is 4.74 Å². The predicted molar refractivity (Wildman–Crippen MR) is 72.8 cm³/mol. The molecule has 0 fully saturated rings. The third kappa shape index (κ3) is 4.74. The van der Waals surface area contributed by atoms with Crippen molar-refractivity contribution in [1.82, 2.24) is 9.97 Å². The topological polar surface area (TPSA) is 84.3 Å². The molecule has 106 valence electrons. The highest BCUT2D eigenvalue weighted by atomic mass is 35.5. The number of anilines is 1. The molecule has 0 radical (unpaired) electrons. The molecule has 6 nitrogen and oxygen atoms in total. The van der Waals surface area contributed by atoms with E-state index in [0.717, 1.165) is 0 Å². The van der Waals surface area contributed by atoms with Crippen LogP contribution in [0.15, 0.2) is 0 Å². The van der Waals surface area contributed by atoms with Crippen LogP contribution in [0.4, 0.5) is 5.82 Å². The number of ether oxygens (including phenoxy) is 1. The number of aryl methyl sites for hydroxylation is 1. The standard InChI is InChI=1S/C12H18ClN3O3/c1-8-15-10(13)9(6-17)11(16-8)14-7-12(2,18)4-5-19-3/h6,18H,4-5,7H2,1-3H3,(H,14,15,16). The van der Waals surface area contributed by atoms with Crippen LogP contribution in [0, 0.1) is 6.92 Å². The van der Waals surface area contributed by atoms with Crippen LogP contribution in [0.2, 0.25) is 5.15 Å². The number of hydrogen-bond acceptors (Lipinski definition) is 6. The Morgan fingerprint density at radius 1 is 1.53 bits per heavy atom. The Labute approximate surface area is 117 Å². The average molecular weight is 288 g/mol. The molecule has 1 aromatic rings. The second-order valence-corrected chi connectivity index (χ2v) is 4.89. The van der Waals surface area contributed by atoms with Crippen LogP contribution < -0.4 is 5.32 Å². The van der Waals surface area contributed by atoms with E-state index in [4.69, 9.17) is 16.3 Å². The number of aliphatic hydroxyl groups is 1. The van der Waals surface area contributed by atoms with Gasteiger partial charge in [0.2, 0.25) is 0 Å². The van der Waals surface area contributed by atoms with E-state index in [-0.39, 0.29) is 17.3 Å². The van der Waals surface area contributed by atoms with E-state index in [1.54, 1.807) is 21.0 Å². The molecule has 0 aliphatic rings. The van der Waals surface area contributed by atoms with Crippen molar-refractivity contribution in [3.05, 3.63) is 16.5 Å². The zero-order valence-electron chi connectivity index (χ0n) is 11.2. The summed E-state index contributed by atoms with van der Waals surface area (Å²) in [6.45, 7) is 4.02. The highest BCUT2D eigenvalue weighted by molar-refractivity contribution is 6.32. The maximum atomic E-state index is 11.0. The molecular formula is C12H18ClN3O3. The summed E-state index contributed by atoms with van der Waals surface area (Å²) in [5.41, 5.74) is -0.781. The molecule has 19 heavy (non-hydrogen) atoms. The average Bonchev–Trinajstić information content (AvgIpc) is 2.33. The van der Waals surface area contributed by atoms with Crippen molar-refractivity contribution in [1.29, 1.82) is 0 Å². The number of carbonyl (C=O) groups is 1. The van der Waals surface area contributed by atoms with Crippen LogP contribution >= 0.6 is 11.6 Å². The maximum Gasteiger partial charge on any atom is 0.156 e. The van der Waals surface area contributed by atoms with Crippen molar-refractivity contribution >= 4 is 23.7 Å². The molecule has 0 bridgehead atoms. The van der Waals surface area contributed by atoms with E-state index >= 15 is 0 Å². The number of nitrogens with one attached hydrogen (secondary N) is 1. The van der Waals surface area contributed by atoms with E-state index in [1.807, 2.05) is 0 Å². The zero-order chi connectivity index (χ0) is 14.5. The third-order valence-corrected chi connectivity index (χ3v) is 2.90. The predicted octanol–water partition coefficient (Wildman–Crippen LogP) is 1.45. The number of hydrogen-bond donors (Lipinski definition) is 2. The SMILES string of the molecule is COCCC(C)(O)CNc1nc(C)nc(Cl)c1C=O. The Bertz CT molecular complexity index is 452. The van der Waals surface area contributed by atoms with Gasteiger partial charge in [-0.25, -0.2) is 9.97 Å². The second kappa shape index (κ2) is 6.79. The first kappa shape index (κ1) is 15.8. The zero-order valence-corrected chi connectivity index (χ0v) is 12.0. The lowest BCUT2D eigenvalue weighted by molar-refractivity contribution is 0.0356. The van der Waals surface area contributed by atoms with Crippen LogP contribution in [0.1, 0.15) is 29.5 Å². The van der Waals surface area contributed by atoms with E-state index in [1.165, 1.54) is 0 Å². The number of aromatic nitrogens is 2. The lowest BCUT2D eigenvalue weighted by Gasteiger charge is -2.24. The van der Waals surface area contributed by atoms with Gasteiger partial charge in [-0.1, -0.05) is 11.6 Å². The summed E-state index contributed by atoms with van der Waals surface area (Å²) in [5.74, 6) is 0.778. The Balaban J connectivity index is 2.79. The van der Waals surface area contributed by atoms with Crippen molar-refractivity contribution in [2.45, 2.75) is 25.9 Å². The summed E-state index contributed by atoms with van der Waals surface area (Å²) in [6, 6.07) is 0. The smallest absolute Gasteiger partial charge is 0.156 e. The van der Waals surface area contributed by atoms with E-state index in [2.05, 4.69) is 15.3 Å². The number of halogens is 1. The molecule has 1 unspecified atom stereocenters. The van der Waals surface area contributed by atoms with Gasteiger partial charge in [-0.2, -0.15) is 0 Å². The molecule has 0 amide bonds. The normalized spacial score (nSPS) is 13.9. The van der Waals surface area contributed by atoms with Crippen LogP contribution in [-0.4, -0.2) is 47.2 Å². The minimum Gasteiger partial charge on any atom is -0.388 e. The van der Waals surface area contributed by atoms with Gasteiger partial charge in [0.25, 0.3) is 0 Å². The first-order chi connectivity index (χ1) is 8.89.